The lowest BCUT2D eigenvalue weighted by atomic mass is 9.80. The third-order valence-electron chi connectivity index (χ3n) is 5.16. The van der Waals surface area contributed by atoms with E-state index in [0.29, 0.717) is 5.56 Å². The molecule has 0 aromatic heterocycles. The first-order valence-corrected chi connectivity index (χ1v) is 9.74. The Morgan fingerprint density at radius 3 is 2.03 bits per heavy atom. The van der Waals surface area contributed by atoms with Crippen LogP contribution in [0.15, 0.2) is 77.3 Å². The number of hydrogen-bond donors (Lipinski definition) is 1. The fourth-order valence-electron chi connectivity index (χ4n) is 3.71. The summed E-state index contributed by atoms with van der Waals surface area (Å²) in [4.78, 5) is 39.7. The van der Waals surface area contributed by atoms with Crippen molar-refractivity contribution in [2.24, 2.45) is 5.73 Å². The molecule has 0 amide bonds. The number of nitriles is 1. The standard InChI is InChI=1S/C24H21N3O6/c1-31-22(28)15-11-7-8-12-17(15)27-20(24(30)33-3)19(23(29)32-2)18(16(13-25)21(27)26)14-9-5-4-6-10-14/h4-12,18H,26H2,1-3H3. The Hall–Kier alpha value is -4.58. The first-order valence-electron chi connectivity index (χ1n) is 9.74. The van der Waals surface area contributed by atoms with Gasteiger partial charge in [-0.05, 0) is 17.7 Å². The quantitative estimate of drug-likeness (QED) is 0.542. The van der Waals surface area contributed by atoms with Crippen molar-refractivity contribution in [2.75, 3.05) is 26.2 Å². The van der Waals surface area contributed by atoms with E-state index in [9.17, 15) is 19.6 Å². The van der Waals surface area contributed by atoms with Crippen LogP contribution in [-0.2, 0) is 23.8 Å². The third-order valence-corrected chi connectivity index (χ3v) is 5.16. The lowest BCUT2D eigenvalue weighted by molar-refractivity contribution is -0.139. The molecule has 2 aromatic rings. The molecule has 0 radical (unpaired) electrons. The van der Waals surface area contributed by atoms with Crippen molar-refractivity contribution in [1.29, 1.82) is 5.26 Å². The highest BCUT2D eigenvalue weighted by Crippen LogP contribution is 2.43. The minimum absolute atomic E-state index is 0.00563. The monoisotopic (exact) mass is 447 g/mol. The maximum atomic E-state index is 13.0. The summed E-state index contributed by atoms with van der Waals surface area (Å²) in [6.45, 7) is 0. The maximum Gasteiger partial charge on any atom is 0.355 e. The van der Waals surface area contributed by atoms with Crippen LogP contribution < -0.4 is 10.6 Å². The van der Waals surface area contributed by atoms with Gasteiger partial charge < -0.3 is 19.9 Å². The van der Waals surface area contributed by atoms with Gasteiger partial charge >= 0.3 is 17.9 Å². The number of nitrogens with zero attached hydrogens (tertiary/aromatic N) is 2. The first kappa shape index (κ1) is 23.1. The van der Waals surface area contributed by atoms with Gasteiger partial charge in [0.1, 0.15) is 11.5 Å². The number of ether oxygens (including phenoxy) is 3. The number of methoxy groups -OCH3 is 3. The SMILES string of the molecule is COC(=O)C1=C(C(=O)OC)N(c2ccccc2C(=O)OC)C(N)=C(C#N)C1c1ccccc1. The zero-order valence-corrected chi connectivity index (χ0v) is 18.2. The second-order valence-electron chi connectivity index (χ2n) is 6.84. The van der Waals surface area contributed by atoms with Crippen molar-refractivity contribution in [3.8, 4) is 6.07 Å². The van der Waals surface area contributed by atoms with Gasteiger partial charge in [0.15, 0.2) is 0 Å². The number of anilines is 1. The molecule has 0 saturated carbocycles. The van der Waals surface area contributed by atoms with Crippen LogP contribution in [0.5, 0.6) is 0 Å². The van der Waals surface area contributed by atoms with E-state index in [1.807, 2.05) is 0 Å². The molecule has 0 fully saturated rings. The average Bonchev–Trinajstić information content (AvgIpc) is 2.86. The molecule has 33 heavy (non-hydrogen) atoms. The zero-order valence-electron chi connectivity index (χ0n) is 18.2. The molecule has 0 aliphatic carbocycles. The molecule has 2 N–H and O–H groups in total. The highest BCUT2D eigenvalue weighted by atomic mass is 16.5. The van der Waals surface area contributed by atoms with Crippen LogP contribution in [0.25, 0.3) is 0 Å². The highest BCUT2D eigenvalue weighted by Gasteiger charge is 2.43. The van der Waals surface area contributed by atoms with Crippen molar-refractivity contribution in [2.45, 2.75) is 5.92 Å². The number of rotatable bonds is 5. The molecule has 2 aromatic carbocycles. The molecule has 9 nitrogen and oxygen atoms in total. The van der Waals surface area contributed by atoms with Crippen LogP contribution in [0.2, 0.25) is 0 Å². The van der Waals surface area contributed by atoms with Crippen LogP contribution in [0.4, 0.5) is 5.69 Å². The van der Waals surface area contributed by atoms with Crippen LogP contribution in [0, 0.1) is 11.3 Å². The lowest BCUT2D eigenvalue weighted by Gasteiger charge is -2.36. The molecule has 1 heterocycles. The molecule has 0 saturated heterocycles. The number of para-hydroxylation sites is 1. The Labute approximate surface area is 190 Å². The zero-order chi connectivity index (χ0) is 24.1. The van der Waals surface area contributed by atoms with E-state index in [-0.39, 0.29) is 33.9 Å². The molecule has 0 bridgehead atoms. The summed E-state index contributed by atoms with van der Waals surface area (Å²) in [6, 6.07) is 16.9. The van der Waals surface area contributed by atoms with Gasteiger partial charge in [0.05, 0.1) is 55.7 Å². The van der Waals surface area contributed by atoms with Crippen LogP contribution in [-0.4, -0.2) is 39.2 Å². The molecular formula is C24H21N3O6. The predicted molar refractivity (Wildman–Crippen MR) is 117 cm³/mol. The number of benzene rings is 2. The fourth-order valence-corrected chi connectivity index (χ4v) is 3.71. The van der Waals surface area contributed by atoms with Gasteiger partial charge in [-0.25, -0.2) is 14.4 Å². The average molecular weight is 447 g/mol. The number of nitrogens with two attached hydrogens (primary N) is 1. The number of carbonyl (C=O) groups is 3. The molecule has 3 rings (SSSR count). The number of hydrogen-bond acceptors (Lipinski definition) is 9. The van der Waals surface area contributed by atoms with Gasteiger partial charge in [0, 0.05) is 0 Å². The second-order valence-corrected chi connectivity index (χ2v) is 6.84. The van der Waals surface area contributed by atoms with E-state index in [1.54, 1.807) is 42.5 Å². The number of allylic oxidation sites excluding steroid dienone is 1. The van der Waals surface area contributed by atoms with Gasteiger partial charge in [-0.2, -0.15) is 5.26 Å². The fraction of sp³-hybridized carbons (Fsp3) is 0.167. The van der Waals surface area contributed by atoms with E-state index >= 15 is 0 Å². The molecule has 1 unspecified atom stereocenters. The molecule has 1 aliphatic rings. The van der Waals surface area contributed by atoms with Crippen LogP contribution >= 0.6 is 0 Å². The number of carbonyl (C=O) groups excluding carboxylic acids is 3. The maximum absolute atomic E-state index is 13.0. The highest BCUT2D eigenvalue weighted by molar-refractivity contribution is 6.08. The summed E-state index contributed by atoms with van der Waals surface area (Å²) in [6.07, 6.45) is 0. The minimum Gasteiger partial charge on any atom is -0.466 e. The van der Waals surface area contributed by atoms with E-state index < -0.39 is 23.8 Å². The molecule has 1 aliphatic heterocycles. The topological polar surface area (TPSA) is 132 Å². The Morgan fingerprint density at radius 2 is 1.45 bits per heavy atom. The Kier molecular flexibility index (Phi) is 6.79. The predicted octanol–water partition coefficient (Wildman–Crippen LogP) is 2.37. The molecule has 1 atom stereocenters. The van der Waals surface area contributed by atoms with Crippen LogP contribution in [0.3, 0.4) is 0 Å². The summed E-state index contributed by atoms with van der Waals surface area (Å²) < 4.78 is 14.8. The van der Waals surface area contributed by atoms with Crippen molar-refractivity contribution in [3.05, 3.63) is 88.4 Å². The van der Waals surface area contributed by atoms with E-state index in [4.69, 9.17) is 19.9 Å². The van der Waals surface area contributed by atoms with Crippen molar-refractivity contribution in [3.63, 3.8) is 0 Å². The van der Waals surface area contributed by atoms with E-state index in [0.717, 1.165) is 19.1 Å². The molecule has 9 heteroatoms. The summed E-state index contributed by atoms with van der Waals surface area (Å²) in [5, 5.41) is 10.0. The summed E-state index contributed by atoms with van der Waals surface area (Å²) in [5.74, 6) is -3.61. The number of esters is 3. The largest absolute Gasteiger partial charge is 0.466 e. The lowest BCUT2D eigenvalue weighted by Crippen LogP contribution is -2.41. The second kappa shape index (κ2) is 9.70. The first-order chi connectivity index (χ1) is 15.9. The van der Waals surface area contributed by atoms with Crippen molar-refractivity contribution < 1.29 is 28.6 Å². The van der Waals surface area contributed by atoms with Crippen LogP contribution in [0.1, 0.15) is 21.8 Å². The minimum atomic E-state index is -1.00. The summed E-state index contributed by atoms with van der Waals surface area (Å²) >= 11 is 0. The van der Waals surface area contributed by atoms with Crippen molar-refractivity contribution in [1.82, 2.24) is 0 Å². The van der Waals surface area contributed by atoms with Gasteiger partial charge in [0.25, 0.3) is 0 Å². The molecule has 168 valence electrons. The Balaban J connectivity index is 2.45. The van der Waals surface area contributed by atoms with E-state index in [2.05, 4.69) is 6.07 Å². The molecular weight excluding hydrogens is 426 g/mol. The normalized spacial score (nSPS) is 15.6. The smallest absolute Gasteiger partial charge is 0.355 e. The van der Waals surface area contributed by atoms with Crippen molar-refractivity contribution >= 4 is 23.6 Å². The summed E-state index contributed by atoms with van der Waals surface area (Å²) in [7, 11) is 3.51. The Morgan fingerprint density at radius 1 is 0.879 bits per heavy atom. The Bertz CT molecular complexity index is 1210. The van der Waals surface area contributed by atoms with Gasteiger partial charge in [-0.3, -0.25) is 4.90 Å². The molecule has 0 spiro atoms. The summed E-state index contributed by atoms with van der Waals surface area (Å²) in [5.41, 5.74) is 6.73. The third kappa shape index (κ3) is 4.02. The van der Waals surface area contributed by atoms with E-state index in [1.165, 1.54) is 19.2 Å². The van der Waals surface area contributed by atoms with Gasteiger partial charge in [0.2, 0.25) is 0 Å². The van der Waals surface area contributed by atoms with Gasteiger partial charge in [-0.15, -0.1) is 0 Å². The van der Waals surface area contributed by atoms with Gasteiger partial charge in [-0.1, -0.05) is 42.5 Å².